The zero-order valence-corrected chi connectivity index (χ0v) is 9.48. The maximum atomic E-state index is 9.20. The quantitative estimate of drug-likeness (QED) is 0.746. The zero-order chi connectivity index (χ0) is 11.1. The summed E-state index contributed by atoms with van der Waals surface area (Å²) in [6, 6.07) is 4.01. The second-order valence-electron chi connectivity index (χ2n) is 4.18. The van der Waals surface area contributed by atoms with Crippen LogP contribution in [0.3, 0.4) is 0 Å². The molecule has 15 heavy (non-hydrogen) atoms. The molecule has 3 nitrogen and oxygen atoms in total. The lowest BCUT2D eigenvalue weighted by Crippen LogP contribution is -2.23. The van der Waals surface area contributed by atoms with E-state index in [2.05, 4.69) is 17.2 Å². The fourth-order valence-electron chi connectivity index (χ4n) is 1.63. The second-order valence-corrected chi connectivity index (χ2v) is 4.18. The molecule has 0 aliphatic heterocycles. The summed E-state index contributed by atoms with van der Waals surface area (Å²) in [6.07, 6.45) is 4.25. The molecule has 0 aromatic carbocycles. The van der Waals surface area contributed by atoms with Gasteiger partial charge in [-0.3, -0.25) is 4.98 Å². The summed E-state index contributed by atoms with van der Waals surface area (Å²) in [4.78, 5) is 3.97. The summed E-state index contributed by atoms with van der Waals surface area (Å²) in [6.45, 7) is 5.78. The smallest absolute Gasteiger partial charge is 0.0515 e. The summed E-state index contributed by atoms with van der Waals surface area (Å²) in [7, 11) is 0. The van der Waals surface area contributed by atoms with Crippen molar-refractivity contribution in [1.29, 1.82) is 0 Å². The molecule has 2 N–H and O–H groups in total. The molecule has 1 aromatic heterocycles. The van der Waals surface area contributed by atoms with Crippen molar-refractivity contribution < 1.29 is 5.11 Å². The molecule has 2 atom stereocenters. The number of hydrogen-bond donors (Lipinski definition) is 2. The first-order valence-corrected chi connectivity index (χ1v) is 5.46. The summed E-state index contributed by atoms with van der Waals surface area (Å²) in [5.41, 5.74) is 1.24. The Balaban J connectivity index is 2.16. The number of aliphatic hydroxyl groups is 1. The molecule has 0 saturated carbocycles. The van der Waals surface area contributed by atoms with E-state index in [0.29, 0.717) is 5.92 Å². The zero-order valence-electron chi connectivity index (χ0n) is 9.48. The van der Waals surface area contributed by atoms with Crippen molar-refractivity contribution in [1.82, 2.24) is 10.3 Å². The van der Waals surface area contributed by atoms with Crippen molar-refractivity contribution in [3.8, 4) is 0 Å². The monoisotopic (exact) mass is 208 g/mol. The van der Waals surface area contributed by atoms with Gasteiger partial charge in [0.25, 0.3) is 0 Å². The Labute approximate surface area is 91.5 Å². The molecule has 0 aliphatic rings. The van der Waals surface area contributed by atoms with Gasteiger partial charge < -0.3 is 10.4 Å². The molecule has 0 amide bonds. The van der Waals surface area contributed by atoms with Gasteiger partial charge in [-0.1, -0.05) is 6.92 Å². The minimum Gasteiger partial charge on any atom is -0.393 e. The standard InChI is InChI=1S/C12H20N2O/c1-10(7-11(2)15)8-14-9-12-3-5-13-6-4-12/h3-6,10-11,14-15H,7-9H2,1-2H3. The maximum absolute atomic E-state index is 9.20. The van der Waals surface area contributed by atoms with E-state index in [1.165, 1.54) is 5.56 Å². The average Bonchev–Trinajstić information content (AvgIpc) is 2.18. The Kier molecular flexibility index (Phi) is 5.29. The van der Waals surface area contributed by atoms with E-state index in [0.717, 1.165) is 19.5 Å². The Morgan fingerprint density at radius 1 is 1.33 bits per heavy atom. The molecule has 2 unspecified atom stereocenters. The highest BCUT2D eigenvalue weighted by Crippen LogP contribution is 2.04. The number of rotatable bonds is 6. The Morgan fingerprint density at radius 2 is 2.00 bits per heavy atom. The van der Waals surface area contributed by atoms with E-state index < -0.39 is 0 Å². The lowest BCUT2D eigenvalue weighted by molar-refractivity contribution is 0.163. The Hall–Kier alpha value is -0.930. The molecule has 1 heterocycles. The van der Waals surface area contributed by atoms with Crippen molar-refractivity contribution in [2.24, 2.45) is 5.92 Å². The van der Waals surface area contributed by atoms with Crippen LogP contribution in [0.4, 0.5) is 0 Å². The van der Waals surface area contributed by atoms with Crippen molar-refractivity contribution in [3.05, 3.63) is 30.1 Å². The average molecular weight is 208 g/mol. The predicted octanol–water partition coefficient (Wildman–Crippen LogP) is 1.58. The molecule has 0 fully saturated rings. The van der Waals surface area contributed by atoms with E-state index >= 15 is 0 Å². The van der Waals surface area contributed by atoms with E-state index in [1.807, 2.05) is 19.1 Å². The maximum Gasteiger partial charge on any atom is 0.0515 e. The van der Waals surface area contributed by atoms with Crippen LogP contribution in [0.5, 0.6) is 0 Å². The van der Waals surface area contributed by atoms with Crippen LogP contribution in [0.2, 0.25) is 0 Å². The van der Waals surface area contributed by atoms with Crippen LogP contribution in [-0.2, 0) is 6.54 Å². The molecule has 84 valence electrons. The normalized spacial score (nSPS) is 14.9. The minimum absolute atomic E-state index is 0.206. The molecule has 0 aliphatic carbocycles. The van der Waals surface area contributed by atoms with Gasteiger partial charge in [-0.2, -0.15) is 0 Å². The van der Waals surface area contributed by atoms with Gasteiger partial charge in [0.2, 0.25) is 0 Å². The molecule has 0 saturated heterocycles. The highest BCUT2D eigenvalue weighted by molar-refractivity contribution is 5.08. The molecule has 0 radical (unpaired) electrons. The third kappa shape index (κ3) is 5.50. The summed E-state index contributed by atoms with van der Waals surface area (Å²) < 4.78 is 0. The first-order valence-electron chi connectivity index (χ1n) is 5.46. The van der Waals surface area contributed by atoms with Gasteiger partial charge in [0.15, 0.2) is 0 Å². The number of nitrogens with zero attached hydrogens (tertiary/aromatic N) is 1. The first-order chi connectivity index (χ1) is 7.18. The minimum atomic E-state index is -0.206. The second kappa shape index (κ2) is 6.53. The van der Waals surface area contributed by atoms with Crippen LogP contribution in [0.15, 0.2) is 24.5 Å². The number of hydrogen-bond acceptors (Lipinski definition) is 3. The third-order valence-electron chi connectivity index (χ3n) is 2.31. The van der Waals surface area contributed by atoms with Gasteiger partial charge in [0, 0.05) is 18.9 Å². The van der Waals surface area contributed by atoms with Crippen LogP contribution >= 0.6 is 0 Å². The predicted molar refractivity (Wildman–Crippen MR) is 61.4 cm³/mol. The SMILES string of the molecule is CC(O)CC(C)CNCc1ccncc1. The van der Waals surface area contributed by atoms with Crippen molar-refractivity contribution in [3.63, 3.8) is 0 Å². The Morgan fingerprint density at radius 3 is 2.60 bits per heavy atom. The van der Waals surface area contributed by atoms with E-state index in [-0.39, 0.29) is 6.10 Å². The largest absolute Gasteiger partial charge is 0.393 e. The van der Waals surface area contributed by atoms with E-state index in [4.69, 9.17) is 0 Å². The fraction of sp³-hybridized carbons (Fsp3) is 0.583. The van der Waals surface area contributed by atoms with Crippen LogP contribution in [0.1, 0.15) is 25.8 Å². The molecule has 1 rings (SSSR count). The van der Waals surface area contributed by atoms with E-state index in [1.54, 1.807) is 12.4 Å². The number of pyridine rings is 1. The van der Waals surface area contributed by atoms with Crippen LogP contribution in [-0.4, -0.2) is 22.7 Å². The topological polar surface area (TPSA) is 45.1 Å². The molecule has 0 bridgehead atoms. The first kappa shape index (κ1) is 12.1. The molecule has 1 aromatic rings. The Bertz CT molecular complexity index is 262. The number of nitrogens with one attached hydrogen (secondary N) is 1. The molecule has 0 spiro atoms. The lowest BCUT2D eigenvalue weighted by atomic mass is 10.0. The molecular weight excluding hydrogens is 188 g/mol. The van der Waals surface area contributed by atoms with Gasteiger partial charge in [0.05, 0.1) is 6.10 Å². The van der Waals surface area contributed by atoms with Crippen molar-refractivity contribution in [2.75, 3.05) is 6.54 Å². The number of aromatic nitrogens is 1. The third-order valence-corrected chi connectivity index (χ3v) is 2.31. The van der Waals surface area contributed by atoms with Crippen LogP contribution in [0, 0.1) is 5.92 Å². The molecular formula is C12H20N2O. The highest BCUT2D eigenvalue weighted by atomic mass is 16.3. The van der Waals surface area contributed by atoms with E-state index in [9.17, 15) is 5.11 Å². The van der Waals surface area contributed by atoms with Crippen molar-refractivity contribution >= 4 is 0 Å². The van der Waals surface area contributed by atoms with Gasteiger partial charge in [-0.05, 0) is 43.5 Å². The summed E-state index contributed by atoms with van der Waals surface area (Å²) in [5, 5.41) is 12.6. The highest BCUT2D eigenvalue weighted by Gasteiger charge is 2.05. The van der Waals surface area contributed by atoms with Crippen LogP contribution < -0.4 is 5.32 Å². The van der Waals surface area contributed by atoms with Gasteiger partial charge in [-0.15, -0.1) is 0 Å². The van der Waals surface area contributed by atoms with Gasteiger partial charge in [0.1, 0.15) is 0 Å². The lowest BCUT2D eigenvalue weighted by Gasteiger charge is -2.14. The summed E-state index contributed by atoms with van der Waals surface area (Å²) >= 11 is 0. The van der Waals surface area contributed by atoms with Gasteiger partial charge >= 0.3 is 0 Å². The summed E-state index contributed by atoms with van der Waals surface area (Å²) in [5.74, 6) is 0.506. The van der Waals surface area contributed by atoms with Crippen LogP contribution in [0.25, 0.3) is 0 Å². The van der Waals surface area contributed by atoms with Crippen molar-refractivity contribution in [2.45, 2.75) is 32.9 Å². The number of aliphatic hydroxyl groups excluding tert-OH is 1. The fourth-order valence-corrected chi connectivity index (χ4v) is 1.63. The van der Waals surface area contributed by atoms with Gasteiger partial charge in [-0.25, -0.2) is 0 Å². The molecule has 3 heteroatoms.